The van der Waals surface area contributed by atoms with Gasteiger partial charge < -0.3 is 14.6 Å². The molecule has 1 fully saturated rings. The van der Waals surface area contributed by atoms with E-state index in [4.69, 9.17) is 9.72 Å². The summed E-state index contributed by atoms with van der Waals surface area (Å²) in [7, 11) is 1.66. The maximum absolute atomic E-state index is 12.9. The molecule has 0 aliphatic carbocycles. The minimum absolute atomic E-state index is 0.0148. The summed E-state index contributed by atoms with van der Waals surface area (Å²) in [5, 5.41) is 0. The molecule has 0 saturated carbocycles. The topological polar surface area (TPSA) is 104 Å². The molecule has 2 aromatic heterocycles. The van der Waals surface area contributed by atoms with E-state index >= 15 is 0 Å². The normalized spacial score (nSPS) is 18.2. The lowest BCUT2D eigenvalue weighted by atomic mass is 10.0. The smallest absolute Gasteiger partial charge is 0.274 e. The van der Waals surface area contributed by atoms with Gasteiger partial charge in [0, 0.05) is 57.5 Å². The van der Waals surface area contributed by atoms with Gasteiger partial charge in [-0.05, 0) is 24.1 Å². The molecule has 1 amide bonds. The zero-order chi connectivity index (χ0) is 22.8. The number of hydrogen-bond donors (Lipinski definition) is 1. The number of methoxy groups -OCH3 is 1. The molecule has 9 nitrogen and oxygen atoms in total. The Bertz CT molecular complexity index is 1200. The Hall–Kier alpha value is -3.59. The fourth-order valence-corrected chi connectivity index (χ4v) is 4.56. The minimum Gasteiger partial charge on any atom is -0.497 e. The van der Waals surface area contributed by atoms with Gasteiger partial charge in [-0.2, -0.15) is 0 Å². The molecule has 1 aromatic carbocycles. The second-order valence-electron chi connectivity index (χ2n) is 8.51. The van der Waals surface area contributed by atoms with Crippen molar-refractivity contribution in [3.05, 3.63) is 81.5 Å². The van der Waals surface area contributed by atoms with E-state index in [9.17, 15) is 9.59 Å². The first-order chi connectivity index (χ1) is 16.1. The molecular formula is C24H26N6O3. The zero-order valence-electron chi connectivity index (χ0n) is 18.5. The lowest BCUT2D eigenvalue weighted by Gasteiger charge is -2.28. The molecule has 1 N–H and O–H groups in total. The molecule has 2 aliphatic rings. The van der Waals surface area contributed by atoms with Crippen molar-refractivity contribution in [1.29, 1.82) is 0 Å². The first kappa shape index (κ1) is 21.3. The van der Waals surface area contributed by atoms with Crippen LogP contribution in [0.3, 0.4) is 0 Å². The molecule has 0 unspecified atom stereocenters. The number of likely N-dealkylation sites (tertiary alicyclic amines) is 1. The van der Waals surface area contributed by atoms with Crippen LogP contribution in [0.4, 0.5) is 0 Å². The van der Waals surface area contributed by atoms with Crippen LogP contribution in [-0.2, 0) is 19.5 Å². The van der Waals surface area contributed by atoms with Crippen LogP contribution in [0, 0.1) is 0 Å². The van der Waals surface area contributed by atoms with Crippen LogP contribution in [0.25, 0.3) is 0 Å². The molecule has 4 heterocycles. The third kappa shape index (κ3) is 4.49. The molecule has 5 rings (SSSR count). The lowest BCUT2D eigenvalue weighted by Crippen LogP contribution is -2.36. The number of benzene rings is 1. The fourth-order valence-electron chi connectivity index (χ4n) is 4.56. The highest BCUT2D eigenvalue weighted by atomic mass is 16.5. The highest BCUT2D eigenvalue weighted by Crippen LogP contribution is 2.26. The van der Waals surface area contributed by atoms with Gasteiger partial charge in [-0.25, -0.2) is 9.97 Å². The van der Waals surface area contributed by atoms with Gasteiger partial charge in [-0.3, -0.25) is 19.5 Å². The van der Waals surface area contributed by atoms with Crippen molar-refractivity contribution in [2.75, 3.05) is 26.7 Å². The number of hydrogen-bond acceptors (Lipinski definition) is 7. The van der Waals surface area contributed by atoms with E-state index in [-0.39, 0.29) is 17.4 Å². The minimum atomic E-state index is -0.139. The summed E-state index contributed by atoms with van der Waals surface area (Å²) in [6.45, 7) is 3.31. The summed E-state index contributed by atoms with van der Waals surface area (Å²) in [4.78, 5) is 45.5. The van der Waals surface area contributed by atoms with Crippen molar-refractivity contribution in [2.45, 2.75) is 31.8 Å². The maximum atomic E-state index is 12.9. The number of nitrogens with one attached hydrogen (secondary N) is 1. The van der Waals surface area contributed by atoms with Crippen LogP contribution in [-0.4, -0.2) is 62.4 Å². The summed E-state index contributed by atoms with van der Waals surface area (Å²) in [6.07, 6.45) is 6.03. The molecule has 0 bridgehead atoms. The lowest BCUT2D eigenvalue weighted by molar-refractivity contribution is 0.0784. The van der Waals surface area contributed by atoms with Crippen molar-refractivity contribution in [3.63, 3.8) is 0 Å². The van der Waals surface area contributed by atoms with Crippen molar-refractivity contribution in [3.8, 4) is 5.75 Å². The van der Waals surface area contributed by atoms with Gasteiger partial charge in [0.25, 0.3) is 11.5 Å². The number of carbonyl (C=O) groups excluding carboxylic acids is 1. The van der Waals surface area contributed by atoms with E-state index in [2.05, 4.69) is 19.9 Å². The highest BCUT2D eigenvalue weighted by molar-refractivity contribution is 5.92. The van der Waals surface area contributed by atoms with E-state index in [1.54, 1.807) is 18.2 Å². The average molecular weight is 447 g/mol. The SMILES string of the molecule is COc1ccc(CN2CCc3nc([C@H]4CCN(C(=O)c5cnccn5)C4)[nH]c(=O)c3C2)cc1. The number of aromatic amines is 1. The van der Waals surface area contributed by atoms with Crippen molar-refractivity contribution >= 4 is 5.91 Å². The standard InChI is InChI=1S/C24H26N6O3/c1-33-18-4-2-16(3-5-18)13-29-10-7-20-19(15-29)23(31)28-22(27-20)17-6-11-30(14-17)24(32)21-12-25-8-9-26-21/h2-5,8-9,12,17H,6-7,10-11,13-15H2,1H3,(H,27,28,31)/t17-/m0/s1. The molecular weight excluding hydrogens is 420 g/mol. The predicted molar refractivity (Wildman–Crippen MR) is 121 cm³/mol. The highest BCUT2D eigenvalue weighted by Gasteiger charge is 2.31. The number of amides is 1. The molecule has 1 atom stereocenters. The number of ether oxygens (including phenoxy) is 1. The van der Waals surface area contributed by atoms with Crippen LogP contribution in [0.1, 0.15) is 45.5 Å². The van der Waals surface area contributed by atoms with E-state index in [1.807, 2.05) is 24.3 Å². The summed E-state index contributed by atoms with van der Waals surface area (Å²) < 4.78 is 5.22. The third-order valence-electron chi connectivity index (χ3n) is 6.38. The molecule has 0 radical (unpaired) electrons. The molecule has 3 aromatic rings. The first-order valence-corrected chi connectivity index (χ1v) is 11.1. The van der Waals surface area contributed by atoms with Crippen molar-refractivity contribution in [2.24, 2.45) is 0 Å². The maximum Gasteiger partial charge on any atom is 0.274 e. The van der Waals surface area contributed by atoms with Gasteiger partial charge in [0.15, 0.2) is 0 Å². The van der Waals surface area contributed by atoms with Gasteiger partial charge in [0.05, 0.1) is 24.6 Å². The Morgan fingerprint density at radius 2 is 2.06 bits per heavy atom. The molecule has 2 aliphatic heterocycles. The Morgan fingerprint density at radius 3 is 2.82 bits per heavy atom. The van der Waals surface area contributed by atoms with Gasteiger partial charge in [0.2, 0.25) is 0 Å². The van der Waals surface area contributed by atoms with E-state index in [0.29, 0.717) is 31.2 Å². The third-order valence-corrected chi connectivity index (χ3v) is 6.38. The predicted octanol–water partition coefficient (Wildman–Crippen LogP) is 1.76. The summed E-state index contributed by atoms with van der Waals surface area (Å²) in [5.41, 5.74) is 3.05. The first-order valence-electron chi connectivity index (χ1n) is 11.1. The van der Waals surface area contributed by atoms with Gasteiger partial charge >= 0.3 is 0 Å². The fraction of sp³-hybridized carbons (Fsp3) is 0.375. The number of nitrogens with zero attached hydrogens (tertiary/aromatic N) is 5. The van der Waals surface area contributed by atoms with Crippen LogP contribution in [0.15, 0.2) is 47.7 Å². The van der Waals surface area contributed by atoms with E-state index < -0.39 is 0 Å². The van der Waals surface area contributed by atoms with Crippen LogP contribution in [0.5, 0.6) is 5.75 Å². The van der Waals surface area contributed by atoms with E-state index in [1.165, 1.54) is 18.0 Å². The molecule has 9 heteroatoms. The Labute approximate surface area is 191 Å². The second-order valence-corrected chi connectivity index (χ2v) is 8.51. The summed E-state index contributed by atoms with van der Waals surface area (Å²) in [5.74, 6) is 1.39. The van der Waals surface area contributed by atoms with Gasteiger partial charge in [-0.1, -0.05) is 12.1 Å². The van der Waals surface area contributed by atoms with Crippen LogP contribution >= 0.6 is 0 Å². The van der Waals surface area contributed by atoms with E-state index in [0.717, 1.165) is 42.9 Å². The van der Waals surface area contributed by atoms with Crippen LogP contribution < -0.4 is 10.3 Å². The van der Waals surface area contributed by atoms with Crippen LogP contribution in [0.2, 0.25) is 0 Å². The number of rotatable bonds is 5. The van der Waals surface area contributed by atoms with Gasteiger partial charge in [-0.15, -0.1) is 0 Å². The average Bonchev–Trinajstić information content (AvgIpc) is 3.35. The molecule has 0 spiro atoms. The summed E-state index contributed by atoms with van der Waals surface area (Å²) in [6, 6.07) is 8.00. The molecule has 170 valence electrons. The molecule has 1 saturated heterocycles. The largest absolute Gasteiger partial charge is 0.497 e. The monoisotopic (exact) mass is 446 g/mol. The summed E-state index contributed by atoms with van der Waals surface area (Å²) >= 11 is 0. The van der Waals surface area contributed by atoms with Gasteiger partial charge in [0.1, 0.15) is 17.3 Å². The number of H-pyrrole nitrogens is 1. The van der Waals surface area contributed by atoms with Crippen molar-refractivity contribution < 1.29 is 9.53 Å². The Balaban J connectivity index is 1.26. The Kier molecular flexibility index (Phi) is 5.87. The Morgan fingerprint density at radius 1 is 1.21 bits per heavy atom. The second kappa shape index (κ2) is 9.11. The number of carbonyl (C=O) groups is 1. The quantitative estimate of drug-likeness (QED) is 0.637. The number of aromatic nitrogens is 4. The molecule has 33 heavy (non-hydrogen) atoms. The number of fused-ring (bicyclic) bond motifs is 1. The zero-order valence-corrected chi connectivity index (χ0v) is 18.5. The van der Waals surface area contributed by atoms with Crippen molar-refractivity contribution in [1.82, 2.24) is 29.7 Å².